The Hall–Kier alpha value is -2.07. The zero-order valence-corrected chi connectivity index (χ0v) is 27.3. The minimum absolute atomic E-state index is 0.106. The Morgan fingerprint density at radius 3 is 1.86 bits per heavy atom. The summed E-state index contributed by atoms with van der Waals surface area (Å²) >= 11 is 0. The molecule has 0 bridgehead atoms. The fourth-order valence-electron chi connectivity index (χ4n) is 5.77. The Kier molecular flexibility index (Phi) is 15.8. The van der Waals surface area contributed by atoms with Crippen molar-refractivity contribution in [2.75, 3.05) is 19.8 Å². The number of ether oxygens (including phenoxy) is 6. The molecule has 0 aliphatic carbocycles. The molecule has 50 heavy (non-hydrogen) atoms. The molecule has 0 aromatic heterocycles. The molecule has 0 saturated carbocycles. The lowest BCUT2D eigenvalue weighted by atomic mass is 9.95. The molecular formula is C28H48N2O20. The Balaban J connectivity index is 2.11. The number of aliphatic hydroxyl groups excluding tert-OH is 11. The molecule has 3 aliphatic rings. The van der Waals surface area contributed by atoms with Crippen LogP contribution in [0.25, 0.3) is 0 Å². The average Bonchev–Trinajstić information content (AvgIpc) is 3.08. The number of amides is 2. The fourth-order valence-corrected chi connectivity index (χ4v) is 5.77. The number of hydrogen-bond acceptors (Lipinski definition) is 20. The zero-order valence-electron chi connectivity index (χ0n) is 27.3. The van der Waals surface area contributed by atoms with Crippen molar-refractivity contribution < 1.29 is 99.0 Å². The van der Waals surface area contributed by atoms with Gasteiger partial charge in [0.05, 0.1) is 25.9 Å². The standard InChI is InChI=1S/C28H48N2O20/c1-8-16(38)21(43)22(44)27(45-8)50-25-24(49-26-15(30-10(3)36)20(42)18(40)13(6-33)46-26)19(41)14(7-34)47-28(25)48-23(12(37)5-32)17(39)11(4-31)29-9(2)35/h4,8,11-28,32-34,37-44H,5-7H2,1-3H3,(H,29,35)(H,30,36)/t8-,11-,12+,13+,14+,15+,16+,17+,18-,19-,20+,21+,22-,23+,24-,25+,26+,27-,28-/m0/s1. The summed E-state index contributed by atoms with van der Waals surface area (Å²) in [6, 6.07) is -3.32. The molecule has 22 heteroatoms. The maximum Gasteiger partial charge on any atom is 0.217 e. The average molecular weight is 733 g/mol. The van der Waals surface area contributed by atoms with Crippen molar-refractivity contribution in [1.29, 1.82) is 0 Å². The third-order valence-electron chi connectivity index (χ3n) is 8.52. The van der Waals surface area contributed by atoms with Crippen molar-refractivity contribution in [3.63, 3.8) is 0 Å². The highest BCUT2D eigenvalue weighted by atomic mass is 16.8. The van der Waals surface area contributed by atoms with Gasteiger partial charge < -0.3 is 100 Å². The van der Waals surface area contributed by atoms with Crippen LogP contribution in [0.3, 0.4) is 0 Å². The smallest absolute Gasteiger partial charge is 0.217 e. The van der Waals surface area contributed by atoms with Crippen LogP contribution in [0.15, 0.2) is 0 Å². The molecule has 0 spiro atoms. The van der Waals surface area contributed by atoms with E-state index in [-0.39, 0.29) is 6.29 Å². The van der Waals surface area contributed by atoms with Crippen molar-refractivity contribution >= 4 is 18.1 Å². The van der Waals surface area contributed by atoms with E-state index >= 15 is 0 Å². The summed E-state index contributed by atoms with van der Waals surface area (Å²) in [5, 5.41) is 120. The molecule has 22 nitrogen and oxygen atoms in total. The first-order chi connectivity index (χ1) is 23.5. The van der Waals surface area contributed by atoms with Gasteiger partial charge in [-0.1, -0.05) is 0 Å². The van der Waals surface area contributed by atoms with E-state index in [0.717, 1.165) is 13.8 Å². The second-order valence-corrected chi connectivity index (χ2v) is 12.2. The molecule has 290 valence electrons. The predicted octanol–water partition coefficient (Wildman–Crippen LogP) is -8.59. The van der Waals surface area contributed by atoms with Crippen molar-refractivity contribution in [2.45, 2.75) is 137 Å². The number of rotatable bonds is 15. The maximum atomic E-state index is 12.0. The monoisotopic (exact) mass is 732 g/mol. The number of carbonyl (C=O) groups is 3. The van der Waals surface area contributed by atoms with Gasteiger partial charge in [-0.25, -0.2) is 0 Å². The van der Waals surface area contributed by atoms with Gasteiger partial charge in [0.25, 0.3) is 0 Å². The van der Waals surface area contributed by atoms with E-state index in [2.05, 4.69) is 10.6 Å². The molecule has 3 heterocycles. The largest absolute Gasteiger partial charge is 0.394 e. The highest BCUT2D eigenvalue weighted by Gasteiger charge is 2.55. The SMILES string of the molecule is CC(=O)N[C@H]1[C@@H](O[C@H]2[C@@H](O)[C@@H](CO)O[C@@H](O[C@@H]([C@H](O)[C@H](C=O)NC(C)=O)[C@H](O)CO)[C@@H]2O[C@@H]2O[C@@H](C)[C@@H](O)[C@@H](O)[C@@H]2O)O[C@H](CO)[C@H](O)[C@@H]1O. The van der Waals surface area contributed by atoms with Gasteiger partial charge in [-0.05, 0) is 6.92 Å². The first-order valence-electron chi connectivity index (χ1n) is 15.7. The highest BCUT2D eigenvalue weighted by molar-refractivity contribution is 5.77. The molecule has 0 unspecified atom stereocenters. The lowest BCUT2D eigenvalue weighted by Gasteiger charge is -2.50. The third-order valence-corrected chi connectivity index (χ3v) is 8.52. The number of aldehydes is 1. The Morgan fingerprint density at radius 1 is 0.740 bits per heavy atom. The first kappa shape index (κ1) is 42.3. The maximum absolute atomic E-state index is 12.0. The fraction of sp³-hybridized carbons (Fsp3) is 0.893. The van der Waals surface area contributed by atoms with Gasteiger partial charge >= 0.3 is 0 Å². The van der Waals surface area contributed by atoms with Crippen LogP contribution in [0, 0.1) is 0 Å². The van der Waals surface area contributed by atoms with Gasteiger partial charge in [-0.3, -0.25) is 9.59 Å². The van der Waals surface area contributed by atoms with Gasteiger partial charge in [-0.2, -0.15) is 0 Å². The lowest BCUT2D eigenvalue weighted by Crippen LogP contribution is -2.69. The van der Waals surface area contributed by atoms with Gasteiger partial charge in [0.1, 0.15) is 97.7 Å². The Bertz CT molecular complexity index is 1110. The third kappa shape index (κ3) is 9.67. The van der Waals surface area contributed by atoms with Crippen LogP contribution in [0.2, 0.25) is 0 Å². The summed E-state index contributed by atoms with van der Waals surface area (Å²) in [5.41, 5.74) is 0. The van der Waals surface area contributed by atoms with E-state index in [4.69, 9.17) is 28.4 Å². The van der Waals surface area contributed by atoms with Gasteiger partial charge in [-0.15, -0.1) is 0 Å². The van der Waals surface area contributed by atoms with Gasteiger partial charge in [0.2, 0.25) is 11.8 Å². The minimum atomic E-state index is -2.11. The number of hydrogen-bond donors (Lipinski definition) is 13. The van der Waals surface area contributed by atoms with E-state index in [1.165, 1.54) is 6.92 Å². The lowest BCUT2D eigenvalue weighted by molar-refractivity contribution is -0.393. The minimum Gasteiger partial charge on any atom is -0.394 e. The summed E-state index contributed by atoms with van der Waals surface area (Å²) in [6.45, 7) is 0.456. The molecule has 0 radical (unpaired) electrons. The normalized spacial score (nSPS) is 41.8. The second kappa shape index (κ2) is 18.6. The van der Waals surface area contributed by atoms with Crippen LogP contribution in [0.5, 0.6) is 0 Å². The molecule has 13 N–H and O–H groups in total. The summed E-state index contributed by atoms with van der Waals surface area (Å²) in [4.78, 5) is 35.5. The topological polar surface area (TPSA) is 353 Å². The molecule has 19 atom stereocenters. The Labute approximate surface area is 285 Å². The van der Waals surface area contributed by atoms with Crippen molar-refractivity contribution in [1.82, 2.24) is 10.6 Å². The predicted molar refractivity (Wildman–Crippen MR) is 157 cm³/mol. The quantitative estimate of drug-likeness (QED) is 0.0695. The van der Waals surface area contributed by atoms with E-state index in [0.29, 0.717) is 0 Å². The van der Waals surface area contributed by atoms with Gasteiger partial charge in [0.15, 0.2) is 18.9 Å². The second-order valence-electron chi connectivity index (χ2n) is 12.2. The summed E-state index contributed by atoms with van der Waals surface area (Å²) in [7, 11) is 0. The molecule has 3 rings (SSSR count). The van der Waals surface area contributed by atoms with Crippen LogP contribution >= 0.6 is 0 Å². The summed E-state index contributed by atoms with van der Waals surface area (Å²) in [5.74, 6) is -1.52. The van der Waals surface area contributed by atoms with E-state index < -0.39 is 148 Å². The first-order valence-corrected chi connectivity index (χ1v) is 15.7. The molecule has 3 aliphatic heterocycles. The van der Waals surface area contributed by atoms with Crippen LogP contribution in [0.1, 0.15) is 20.8 Å². The van der Waals surface area contributed by atoms with Crippen molar-refractivity contribution in [3.05, 3.63) is 0 Å². The zero-order chi connectivity index (χ0) is 37.6. The highest BCUT2D eigenvalue weighted by Crippen LogP contribution is 2.35. The molecule has 0 aromatic rings. The van der Waals surface area contributed by atoms with Crippen LogP contribution in [-0.2, 0) is 42.8 Å². The van der Waals surface area contributed by atoms with E-state index in [9.17, 15) is 70.6 Å². The van der Waals surface area contributed by atoms with Crippen molar-refractivity contribution in [2.24, 2.45) is 0 Å². The van der Waals surface area contributed by atoms with Crippen LogP contribution < -0.4 is 10.6 Å². The molecule has 2 amide bonds. The number of nitrogens with one attached hydrogen (secondary N) is 2. The van der Waals surface area contributed by atoms with Gasteiger partial charge in [0, 0.05) is 13.8 Å². The summed E-state index contributed by atoms with van der Waals surface area (Å²) < 4.78 is 34.5. The molecule has 0 aromatic carbocycles. The van der Waals surface area contributed by atoms with Crippen molar-refractivity contribution in [3.8, 4) is 0 Å². The van der Waals surface area contributed by atoms with E-state index in [1.54, 1.807) is 0 Å². The van der Waals surface area contributed by atoms with Crippen LogP contribution in [0.4, 0.5) is 0 Å². The van der Waals surface area contributed by atoms with Crippen LogP contribution in [-0.4, -0.2) is 211 Å². The van der Waals surface area contributed by atoms with E-state index in [1.807, 2.05) is 0 Å². The Morgan fingerprint density at radius 2 is 1.32 bits per heavy atom. The molecule has 3 fully saturated rings. The molecule has 3 saturated heterocycles. The molecular weight excluding hydrogens is 684 g/mol. The number of carbonyl (C=O) groups excluding carboxylic acids is 3. The summed E-state index contributed by atoms with van der Waals surface area (Å²) in [6.07, 6.45) is -31.0. The number of aliphatic hydroxyl groups is 11.